The molecule has 0 saturated carbocycles. The van der Waals surface area contributed by atoms with Crippen LogP contribution in [0, 0.1) is 0 Å². The molecular weight excluding hydrogens is 316 g/mol. The number of rotatable bonds is 1. The van der Waals surface area contributed by atoms with Gasteiger partial charge >= 0.3 is 0 Å². The minimum atomic E-state index is 0.194. The average Bonchev–Trinajstić information content (AvgIpc) is 2.86. The van der Waals surface area contributed by atoms with Gasteiger partial charge in [-0.1, -0.05) is 46.3 Å². The molecule has 2 aromatic carbocycles. The fraction of sp³-hybridized carbons (Fsp3) is 0.188. The largest absolute Gasteiger partial charge is 0.371 e. The first-order chi connectivity index (χ1) is 9.83. The summed E-state index contributed by atoms with van der Waals surface area (Å²) in [4.78, 5) is 4.69. The summed E-state index contributed by atoms with van der Waals surface area (Å²) in [5, 5.41) is 0. The second kappa shape index (κ2) is 4.72. The SMILES string of the molecule is Brc1ccc2nc3n(c2c1)C(c1ccccc1)COC3. The monoisotopic (exact) mass is 328 g/mol. The van der Waals surface area contributed by atoms with Gasteiger partial charge in [0.2, 0.25) is 0 Å². The number of hydrogen-bond donors (Lipinski definition) is 0. The Kier molecular flexibility index (Phi) is 2.86. The van der Waals surface area contributed by atoms with Crippen LogP contribution in [0.3, 0.4) is 0 Å². The lowest BCUT2D eigenvalue weighted by Crippen LogP contribution is -2.24. The Morgan fingerprint density at radius 1 is 1.15 bits per heavy atom. The number of fused-ring (bicyclic) bond motifs is 3. The van der Waals surface area contributed by atoms with Gasteiger partial charge in [0.15, 0.2) is 0 Å². The van der Waals surface area contributed by atoms with Crippen LogP contribution in [0.2, 0.25) is 0 Å². The van der Waals surface area contributed by atoms with Gasteiger partial charge in [0.1, 0.15) is 12.4 Å². The smallest absolute Gasteiger partial charge is 0.136 e. The predicted octanol–water partition coefficient (Wildman–Crippen LogP) is 3.92. The van der Waals surface area contributed by atoms with Crippen LogP contribution in [0.25, 0.3) is 11.0 Å². The quantitative estimate of drug-likeness (QED) is 0.677. The molecule has 0 N–H and O–H groups in total. The Bertz CT molecular complexity index is 767. The molecule has 100 valence electrons. The van der Waals surface area contributed by atoms with Crippen LogP contribution >= 0.6 is 15.9 Å². The van der Waals surface area contributed by atoms with Gasteiger partial charge in [0, 0.05) is 4.47 Å². The molecule has 1 aliphatic rings. The molecule has 1 aliphatic heterocycles. The number of ether oxygens (including phenoxy) is 1. The van der Waals surface area contributed by atoms with Gasteiger partial charge in [-0.15, -0.1) is 0 Å². The van der Waals surface area contributed by atoms with E-state index < -0.39 is 0 Å². The molecule has 4 rings (SSSR count). The van der Waals surface area contributed by atoms with Crippen molar-refractivity contribution in [1.29, 1.82) is 0 Å². The zero-order valence-electron chi connectivity index (χ0n) is 10.8. The molecule has 2 heterocycles. The fourth-order valence-corrected chi connectivity index (χ4v) is 3.17. The van der Waals surface area contributed by atoms with Crippen molar-refractivity contribution >= 4 is 27.0 Å². The average molecular weight is 329 g/mol. The van der Waals surface area contributed by atoms with E-state index in [-0.39, 0.29) is 6.04 Å². The van der Waals surface area contributed by atoms with Crippen molar-refractivity contribution in [1.82, 2.24) is 9.55 Å². The molecule has 3 aromatic rings. The number of aromatic nitrogens is 2. The highest BCUT2D eigenvalue weighted by Gasteiger charge is 2.25. The van der Waals surface area contributed by atoms with Gasteiger partial charge in [0.25, 0.3) is 0 Å². The van der Waals surface area contributed by atoms with Crippen molar-refractivity contribution < 1.29 is 4.74 Å². The second-order valence-corrected chi connectivity index (χ2v) is 5.89. The van der Waals surface area contributed by atoms with E-state index in [2.05, 4.69) is 55.8 Å². The summed E-state index contributed by atoms with van der Waals surface area (Å²) in [7, 11) is 0. The fourth-order valence-electron chi connectivity index (χ4n) is 2.82. The normalized spacial score (nSPS) is 18.1. The lowest BCUT2D eigenvalue weighted by atomic mass is 10.1. The van der Waals surface area contributed by atoms with E-state index in [1.165, 1.54) is 5.56 Å². The number of imidazole rings is 1. The molecule has 20 heavy (non-hydrogen) atoms. The van der Waals surface area contributed by atoms with Crippen LogP contribution in [-0.4, -0.2) is 16.2 Å². The summed E-state index contributed by atoms with van der Waals surface area (Å²) in [6, 6.07) is 16.9. The van der Waals surface area contributed by atoms with E-state index in [0.717, 1.165) is 21.3 Å². The summed E-state index contributed by atoms with van der Waals surface area (Å²) in [5.74, 6) is 0.998. The molecule has 1 aromatic heterocycles. The lowest BCUT2D eigenvalue weighted by Gasteiger charge is -2.26. The summed E-state index contributed by atoms with van der Waals surface area (Å²) in [6.45, 7) is 1.27. The standard InChI is InChI=1S/C16H13BrN2O/c17-12-6-7-13-14(8-12)19-15(9-20-10-16(19)18-13)11-4-2-1-3-5-11/h1-8,15H,9-10H2. The number of hydrogen-bond acceptors (Lipinski definition) is 2. The summed E-state index contributed by atoms with van der Waals surface area (Å²) < 4.78 is 9.11. The van der Waals surface area contributed by atoms with Crippen molar-refractivity contribution in [2.75, 3.05) is 6.61 Å². The van der Waals surface area contributed by atoms with Gasteiger partial charge in [0.05, 0.1) is 23.7 Å². The third kappa shape index (κ3) is 1.87. The Morgan fingerprint density at radius 2 is 2.00 bits per heavy atom. The number of nitrogens with zero attached hydrogens (tertiary/aromatic N) is 2. The summed E-state index contributed by atoms with van der Waals surface area (Å²) in [6.07, 6.45) is 0. The highest BCUT2D eigenvalue weighted by molar-refractivity contribution is 9.10. The first kappa shape index (κ1) is 12.1. The molecule has 0 bridgehead atoms. The Labute approximate surface area is 125 Å². The minimum absolute atomic E-state index is 0.194. The molecule has 0 spiro atoms. The first-order valence-electron chi connectivity index (χ1n) is 6.62. The lowest BCUT2D eigenvalue weighted by molar-refractivity contribution is 0.0679. The van der Waals surface area contributed by atoms with E-state index in [0.29, 0.717) is 13.2 Å². The summed E-state index contributed by atoms with van der Waals surface area (Å²) in [5.41, 5.74) is 3.44. The number of halogens is 1. The molecule has 1 atom stereocenters. The summed E-state index contributed by atoms with van der Waals surface area (Å²) >= 11 is 3.55. The Hall–Kier alpha value is -1.65. The van der Waals surface area contributed by atoms with Crippen molar-refractivity contribution in [3.8, 4) is 0 Å². The Balaban J connectivity index is 1.95. The van der Waals surface area contributed by atoms with Gasteiger partial charge in [-0.2, -0.15) is 0 Å². The van der Waals surface area contributed by atoms with Crippen LogP contribution in [0.5, 0.6) is 0 Å². The molecule has 3 nitrogen and oxygen atoms in total. The highest BCUT2D eigenvalue weighted by atomic mass is 79.9. The topological polar surface area (TPSA) is 27.1 Å². The zero-order valence-corrected chi connectivity index (χ0v) is 12.4. The van der Waals surface area contributed by atoms with Crippen LogP contribution in [0.4, 0.5) is 0 Å². The molecule has 0 radical (unpaired) electrons. The molecule has 0 aliphatic carbocycles. The van der Waals surface area contributed by atoms with E-state index in [4.69, 9.17) is 4.74 Å². The maximum atomic E-state index is 5.73. The van der Waals surface area contributed by atoms with Gasteiger partial charge in [-0.3, -0.25) is 0 Å². The highest BCUT2D eigenvalue weighted by Crippen LogP contribution is 2.31. The second-order valence-electron chi connectivity index (χ2n) is 4.97. The molecule has 0 saturated heterocycles. The molecule has 0 amide bonds. The third-order valence-corrected chi connectivity index (χ3v) is 4.22. The maximum Gasteiger partial charge on any atom is 0.136 e. The van der Waals surface area contributed by atoms with Gasteiger partial charge in [-0.05, 0) is 23.8 Å². The van der Waals surface area contributed by atoms with E-state index in [9.17, 15) is 0 Å². The molecule has 4 heteroatoms. The molecule has 0 fully saturated rings. The first-order valence-corrected chi connectivity index (χ1v) is 7.41. The Morgan fingerprint density at radius 3 is 2.85 bits per heavy atom. The van der Waals surface area contributed by atoms with Crippen molar-refractivity contribution in [3.05, 3.63) is 64.4 Å². The molecular formula is C16H13BrN2O. The van der Waals surface area contributed by atoms with E-state index in [1.807, 2.05) is 18.2 Å². The third-order valence-electron chi connectivity index (χ3n) is 3.73. The van der Waals surface area contributed by atoms with Crippen LogP contribution in [0.15, 0.2) is 53.0 Å². The zero-order chi connectivity index (χ0) is 13.5. The van der Waals surface area contributed by atoms with E-state index >= 15 is 0 Å². The maximum absolute atomic E-state index is 5.73. The van der Waals surface area contributed by atoms with Crippen LogP contribution in [0.1, 0.15) is 17.4 Å². The van der Waals surface area contributed by atoms with Crippen LogP contribution in [-0.2, 0) is 11.3 Å². The van der Waals surface area contributed by atoms with Crippen molar-refractivity contribution in [2.45, 2.75) is 12.6 Å². The van der Waals surface area contributed by atoms with Crippen molar-refractivity contribution in [3.63, 3.8) is 0 Å². The molecule has 1 unspecified atom stereocenters. The minimum Gasteiger partial charge on any atom is -0.371 e. The number of benzene rings is 2. The van der Waals surface area contributed by atoms with Gasteiger partial charge < -0.3 is 9.30 Å². The van der Waals surface area contributed by atoms with Gasteiger partial charge in [-0.25, -0.2) is 4.98 Å². The van der Waals surface area contributed by atoms with Crippen LogP contribution < -0.4 is 0 Å². The predicted molar refractivity (Wildman–Crippen MR) is 81.7 cm³/mol. The van der Waals surface area contributed by atoms with Crippen molar-refractivity contribution in [2.24, 2.45) is 0 Å². The van der Waals surface area contributed by atoms with E-state index in [1.54, 1.807) is 0 Å².